The van der Waals surface area contributed by atoms with Crippen LogP contribution in [0.5, 0.6) is 0 Å². The highest BCUT2D eigenvalue weighted by Gasteiger charge is 2.27. The molecular weight excluding hydrogens is 234 g/mol. The third-order valence-electron chi connectivity index (χ3n) is 3.32. The summed E-state index contributed by atoms with van der Waals surface area (Å²) in [6.07, 6.45) is 5.71. The SMILES string of the molecule is CC(C)(C)NCCCCS(=O)(=O)C1CCCC1. The molecule has 0 atom stereocenters. The predicted molar refractivity (Wildman–Crippen MR) is 73.0 cm³/mol. The van der Waals surface area contributed by atoms with E-state index in [4.69, 9.17) is 0 Å². The van der Waals surface area contributed by atoms with Gasteiger partial charge in [0.05, 0.1) is 11.0 Å². The predicted octanol–water partition coefficient (Wildman–Crippen LogP) is 2.51. The number of rotatable bonds is 6. The highest BCUT2D eigenvalue weighted by atomic mass is 32.2. The molecule has 0 heterocycles. The van der Waals surface area contributed by atoms with Crippen molar-refractivity contribution in [3.8, 4) is 0 Å². The third-order valence-corrected chi connectivity index (χ3v) is 5.67. The van der Waals surface area contributed by atoms with Crippen LogP contribution in [-0.2, 0) is 9.84 Å². The highest BCUT2D eigenvalue weighted by Crippen LogP contribution is 2.25. The minimum atomic E-state index is -2.80. The highest BCUT2D eigenvalue weighted by molar-refractivity contribution is 7.92. The van der Waals surface area contributed by atoms with Gasteiger partial charge in [0, 0.05) is 5.54 Å². The maximum Gasteiger partial charge on any atom is 0.153 e. The van der Waals surface area contributed by atoms with Crippen molar-refractivity contribution in [1.82, 2.24) is 5.32 Å². The zero-order chi connectivity index (χ0) is 12.9. The molecule has 0 aromatic carbocycles. The summed E-state index contributed by atoms with van der Waals surface area (Å²) >= 11 is 0. The fourth-order valence-electron chi connectivity index (χ4n) is 2.31. The van der Waals surface area contributed by atoms with Crippen LogP contribution in [0.25, 0.3) is 0 Å². The van der Waals surface area contributed by atoms with Gasteiger partial charge in [0.15, 0.2) is 9.84 Å². The molecule has 1 N–H and O–H groups in total. The number of sulfone groups is 1. The smallest absolute Gasteiger partial charge is 0.153 e. The average Bonchev–Trinajstić information content (AvgIpc) is 2.68. The summed E-state index contributed by atoms with van der Waals surface area (Å²) in [6.45, 7) is 7.29. The second-order valence-corrected chi connectivity index (χ2v) is 8.56. The molecule has 17 heavy (non-hydrogen) atoms. The Balaban J connectivity index is 2.17. The van der Waals surface area contributed by atoms with E-state index in [0.717, 1.165) is 45.1 Å². The summed E-state index contributed by atoms with van der Waals surface area (Å²) in [6, 6.07) is 0. The van der Waals surface area contributed by atoms with Crippen LogP contribution in [0.3, 0.4) is 0 Å². The molecule has 1 aliphatic rings. The van der Waals surface area contributed by atoms with Crippen molar-refractivity contribution in [3.05, 3.63) is 0 Å². The minimum Gasteiger partial charge on any atom is -0.312 e. The molecule has 0 unspecified atom stereocenters. The summed E-state index contributed by atoms with van der Waals surface area (Å²) in [7, 11) is -2.80. The van der Waals surface area contributed by atoms with E-state index in [0.29, 0.717) is 5.75 Å². The van der Waals surface area contributed by atoms with Gasteiger partial charge >= 0.3 is 0 Å². The lowest BCUT2D eigenvalue weighted by atomic mass is 10.1. The Bertz CT molecular complexity index is 311. The van der Waals surface area contributed by atoms with Crippen LogP contribution in [0.2, 0.25) is 0 Å². The molecule has 1 saturated carbocycles. The van der Waals surface area contributed by atoms with Gasteiger partial charge in [-0.3, -0.25) is 0 Å². The van der Waals surface area contributed by atoms with Crippen LogP contribution in [-0.4, -0.2) is 31.5 Å². The molecule has 1 fully saturated rings. The van der Waals surface area contributed by atoms with Crippen LogP contribution in [0.1, 0.15) is 59.3 Å². The van der Waals surface area contributed by atoms with E-state index in [1.54, 1.807) is 0 Å². The van der Waals surface area contributed by atoms with E-state index < -0.39 is 9.84 Å². The van der Waals surface area contributed by atoms with Crippen molar-refractivity contribution in [2.24, 2.45) is 0 Å². The largest absolute Gasteiger partial charge is 0.312 e. The zero-order valence-corrected chi connectivity index (χ0v) is 12.3. The first kappa shape index (κ1) is 15.0. The fraction of sp³-hybridized carbons (Fsp3) is 1.00. The maximum absolute atomic E-state index is 12.0. The topological polar surface area (TPSA) is 46.2 Å². The Labute approximate surface area is 106 Å². The van der Waals surface area contributed by atoms with Crippen molar-refractivity contribution in [1.29, 1.82) is 0 Å². The van der Waals surface area contributed by atoms with E-state index in [1.165, 1.54) is 0 Å². The van der Waals surface area contributed by atoms with Crippen LogP contribution < -0.4 is 5.32 Å². The molecular formula is C13H27NO2S. The summed E-state index contributed by atoms with van der Waals surface area (Å²) in [5, 5.41) is 3.35. The lowest BCUT2D eigenvalue weighted by Gasteiger charge is -2.20. The quantitative estimate of drug-likeness (QED) is 0.747. The summed E-state index contributed by atoms with van der Waals surface area (Å²) in [5.74, 6) is 0.378. The van der Waals surface area contributed by atoms with Gasteiger partial charge in [-0.05, 0) is 53.0 Å². The minimum absolute atomic E-state index is 0.0296. The first-order valence-corrected chi connectivity index (χ1v) is 8.49. The molecule has 4 heteroatoms. The second-order valence-electron chi connectivity index (χ2n) is 6.16. The summed E-state index contributed by atoms with van der Waals surface area (Å²) in [4.78, 5) is 0. The Hall–Kier alpha value is -0.0900. The molecule has 1 rings (SSSR count). The van der Waals surface area contributed by atoms with Gasteiger partial charge in [0.2, 0.25) is 0 Å². The van der Waals surface area contributed by atoms with E-state index in [9.17, 15) is 8.42 Å². The van der Waals surface area contributed by atoms with E-state index in [2.05, 4.69) is 26.1 Å². The number of hydrogen-bond donors (Lipinski definition) is 1. The number of hydrogen-bond acceptors (Lipinski definition) is 3. The van der Waals surface area contributed by atoms with Gasteiger partial charge < -0.3 is 5.32 Å². The number of nitrogens with one attached hydrogen (secondary N) is 1. The Morgan fingerprint density at radius 3 is 2.24 bits per heavy atom. The van der Waals surface area contributed by atoms with Gasteiger partial charge in [0.25, 0.3) is 0 Å². The molecule has 0 aromatic heterocycles. The maximum atomic E-state index is 12.0. The van der Waals surface area contributed by atoms with Gasteiger partial charge in [-0.1, -0.05) is 12.8 Å². The molecule has 0 aliphatic heterocycles. The third kappa shape index (κ3) is 5.87. The van der Waals surface area contributed by atoms with Crippen molar-refractivity contribution in [2.75, 3.05) is 12.3 Å². The normalized spacial score (nSPS) is 18.8. The lowest BCUT2D eigenvalue weighted by molar-refractivity contribution is 0.421. The van der Waals surface area contributed by atoms with Crippen LogP contribution in [0, 0.1) is 0 Å². The Morgan fingerprint density at radius 2 is 1.71 bits per heavy atom. The van der Waals surface area contributed by atoms with Crippen molar-refractivity contribution >= 4 is 9.84 Å². The van der Waals surface area contributed by atoms with E-state index >= 15 is 0 Å². The molecule has 1 aliphatic carbocycles. The van der Waals surface area contributed by atoms with Crippen LogP contribution in [0.4, 0.5) is 0 Å². The Kier molecular flexibility index (Phi) is 5.45. The van der Waals surface area contributed by atoms with Crippen LogP contribution in [0.15, 0.2) is 0 Å². The monoisotopic (exact) mass is 261 g/mol. The van der Waals surface area contributed by atoms with Crippen LogP contribution >= 0.6 is 0 Å². The molecule has 0 bridgehead atoms. The van der Waals surface area contributed by atoms with Gasteiger partial charge in [-0.25, -0.2) is 8.42 Å². The van der Waals surface area contributed by atoms with Gasteiger partial charge in [-0.15, -0.1) is 0 Å². The van der Waals surface area contributed by atoms with E-state index in [1.807, 2.05) is 0 Å². The molecule has 3 nitrogen and oxygen atoms in total. The molecule has 0 amide bonds. The summed E-state index contributed by atoms with van der Waals surface area (Å²) < 4.78 is 23.9. The zero-order valence-electron chi connectivity index (χ0n) is 11.5. The Morgan fingerprint density at radius 1 is 1.12 bits per heavy atom. The molecule has 0 radical (unpaired) electrons. The average molecular weight is 261 g/mol. The molecule has 102 valence electrons. The van der Waals surface area contributed by atoms with Crippen molar-refractivity contribution in [2.45, 2.75) is 70.1 Å². The fourth-order valence-corrected chi connectivity index (χ4v) is 4.30. The van der Waals surface area contributed by atoms with Gasteiger partial charge in [0.1, 0.15) is 0 Å². The molecule has 0 aromatic rings. The van der Waals surface area contributed by atoms with Crippen molar-refractivity contribution < 1.29 is 8.42 Å². The lowest BCUT2D eigenvalue weighted by Crippen LogP contribution is -2.36. The summed E-state index contributed by atoms with van der Waals surface area (Å²) in [5.41, 5.74) is 0.129. The second kappa shape index (κ2) is 6.19. The van der Waals surface area contributed by atoms with E-state index in [-0.39, 0.29) is 10.8 Å². The first-order chi connectivity index (χ1) is 7.81. The van der Waals surface area contributed by atoms with Crippen molar-refractivity contribution in [3.63, 3.8) is 0 Å². The number of unbranched alkanes of at least 4 members (excludes halogenated alkanes) is 1. The van der Waals surface area contributed by atoms with Gasteiger partial charge in [-0.2, -0.15) is 0 Å². The molecule has 0 spiro atoms. The molecule has 0 saturated heterocycles. The standard InChI is InChI=1S/C13H27NO2S/c1-13(2,3)14-10-6-7-11-17(15,16)12-8-4-5-9-12/h12,14H,4-11H2,1-3H3. The first-order valence-electron chi connectivity index (χ1n) is 6.78.